The van der Waals surface area contributed by atoms with Crippen LogP contribution in [0.5, 0.6) is 5.75 Å². The Labute approximate surface area is 169 Å². The number of carbonyl (C=O) groups is 2. The number of carboxylic acids is 1. The monoisotopic (exact) mass is 410 g/mol. The first-order chi connectivity index (χ1) is 13.4. The molecule has 0 spiro atoms. The molecule has 3 rings (SSSR count). The Morgan fingerprint density at radius 2 is 2.00 bits per heavy atom. The molecule has 2 aliphatic rings. The van der Waals surface area contributed by atoms with Crippen LogP contribution >= 0.6 is 11.6 Å². The number of ether oxygens (including phenoxy) is 2. The van der Waals surface area contributed by atoms with E-state index in [-0.39, 0.29) is 24.7 Å². The van der Waals surface area contributed by atoms with Crippen molar-refractivity contribution in [3.63, 3.8) is 0 Å². The Morgan fingerprint density at radius 1 is 1.29 bits per heavy atom. The smallest absolute Gasteiger partial charge is 0.341 e. The molecule has 2 fully saturated rings. The fourth-order valence-electron chi connectivity index (χ4n) is 4.51. The fraction of sp³-hybridized carbons (Fsp3) is 0.600. The molecule has 7 nitrogen and oxygen atoms in total. The van der Waals surface area contributed by atoms with Crippen molar-refractivity contribution in [2.75, 3.05) is 26.8 Å². The summed E-state index contributed by atoms with van der Waals surface area (Å²) in [5.74, 6) is 0.512. The van der Waals surface area contributed by atoms with Crippen molar-refractivity contribution in [3.05, 3.63) is 28.8 Å². The van der Waals surface area contributed by atoms with Crippen molar-refractivity contribution in [1.29, 1.82) is 0 Å². The Balaban J connectivity index is 1.67. The van der Waals surface area contributed by atoms with Crippen LogP contribution in [-0.4, -0.2) is 60.8 Å². The van der Waals surface area contributed by atoms with Crippen LogP contribution in [0.1, 0.15) is 25.3 Å². The van der Waals surface area contributed by atoms with Crippen molar-refractivity contribution < 1.29 is 24.2 Å². The van der Waals surface area contributed by atoms with Gasteiger partial charge in [0.05, 0.1) is 12.1 Å². The molecule has 8 heteroatoms. The number of hydrogen-bond donors (Lipinski definition) is 2. The lowest BCUT2D eigenvalue weighted by Gasteiger charge is -2.37. The van der Waals surface area contributed by atoms with Crippen LogP contribution in [0, 0.1) is 11.8 Å². The third-order valence-electron chi connectivity index (χ3n) is 5.65. The van der Waals surface area contributed by atoms with Crippen LogP contribution in [-0.2, 0) is 20.9 Å². The molecule has 0 unspecified atom stereocenters. The number of nitrogens with one attached hydrogen (secondary N) is 1. The lowest BCUT2D eigenvalue weighted by atomic mass is 9.77. The van der Waals surface area contributed by atoms with Crippen LogP contribution in [0.15, 0.2) is 18.2 Å². The van der Waals surface area contributed by atoms with Gasteiger partial charge in [0, 0.05) is 44.3 Å². The van der Waals surface area contributed by atoms with Crippen molar-refractivity contribution in [2.45, 2.75) is 38.5 Å². The minimum absolute atomic E-state index is 0.0282. The second-order valence-corrected chi connectivity index (χ2v) is 8.14. The van der Waals surface area contributed by atoms with Crippen LogP contribution in [0.4, 0.5) is 0 Å². The van der Waals surface area contributed by atoms with Crippen LogP contribution in [0.3, 0.4) is 0 Å². The number of nitrogens with zero attached hydrogens (tertiary/aromatic N) is 1. The molecule has 1 aliphatic carbocycles. The van der Waals surface area contributed by atoms with Gasteiger partial charge in [-0.3, -0.25) is 9.69 Å². The van der Waals surface area contributed by atoms with Gasteiger partial charge in [0.25, 0.3) is 0 Å². The van der Waals surface area contributed by atoms with Crippen molar-refractivity contribution in [2.24, 2.45) is 11.8 Å². The number of likely N-dealkylation sites (tertiary alicyclic amines) is 1. The Bertz CT molecular complexity index is 729. The summed E-state index contributed by atoms with van der Waals surface area (Å²) in [5.41, 5.74) is 0.883. The van der Waals surface area contributed by atoms with Gasteiger partial charge in [-0.25, -0.2) is 4.79 Å². The molecule has 0 aromatic heterocycles. The number of amides is 1. The molecule has 0 bridgehead atoms. The number of hydrogen-bond acceptors (Lipinski definition) is 5. The maximum atomic E-state index is 11.5. The van der Waals surface area contributed by atoms with Gasteiger partial charge in [0.15, 0.2) is 6.61 Å². The van der Waals surface area contributed by atoms with Gasteiger partial charge < -0.3 is 19.9 Å². The number of fused-ring (bicyclic) bond motifs is 1. The normalized spacial score (nSPS) is 27.2. The van der Waals surface area contributed by atoms with E-state index in [1.54, 1.807) is 19.2 Å². The highest BCUT2D eigenvalue weighted by atomic mass is 35.5. The molecule has 2 N–H and O–H groups in total. The van der Waals surface area contributed by atoms with Crippen LogP contribution < -0.4 is 10.1 Å². The summed E-state index contributed by atoms with van der Waals surface area (Å²) < 4.78 is 11.1. The molecule has 1 aromatic rings. The standard InChI is InChI=1S/C20H27ClN2O5/c1-12(24)22-17-6-13-8-23(9-14(13)7-19(17)27-2)10-15-5-16(21)3-4-18(15)28-11-20(25)26/h3-5,13-14,17,19H,6-11H2,1-2H3,(H,22,24)(H,25,26)/t13-,14+,17-,19-/m1/s1. The minimum Gasteiger partial charge on any atom is -0.482 e. The molecule has 1 aromatic carbocycles. The first-order valence-corrected chi connectivity index (χ1v) is 9.88. The van der Waals surface area contributed by atoms with Crippen molar-refractivity contribution in [1.82, 2.24) is 10.2 Å². The van der Waals surface area contributed by atoms with E-state index < -0.39 is 5.97 Å². The number of carbonyl (C=O) groups excluding carboxylic acids is 1. The summed E-state index contributed by atoms with van der Waals surface area (Å²) >= 11 is 6.15. The molecular weight excluding hydrogens is 384 g/mol. The molecule has 28 heavy (non-hydrogen) atoms. The van der Waals surface area contributed by atoms with Gasteiger partial charge in [-0.1, -0.05) is 11.6 Å². The summed E-state index contributed by atoms with van der Waals surface area (Å²) in [4.78, 5) is 24.7. The fourth-order valence-corrected chi connectivity index (χ4v) is 4.70. The maximum absolute atomic E-state index is 11.5. The molecule has 4 atom stereocenters. The Kier molecular flexibility index (Phi) is 6.80. The van der Waals surface area contributed by atoms with E-state index in [9.17, 15) is 9.59 Å². The van der Waals surface area contributed by atoms with Gasteiger partial charge in [-0.05, 0) is 42.9 Å². The summed E-state index contributed by atoms with van der Waals surface area (Å²) in [6.45, 7) is 3.65. The third-order valence-corrected chi connectivity index (χ3v) is 5.89. The van der Waals surface area contributed by atoms with E-state index in [4.69, 9.17) is 26.2 Å². The van der Waals surface area contributed by atoms with Crippen molar-refractivity contribution in [3.8, 4) is 5.75 Å². The number of methoxy groups -OCH3 is 1. The minimum atomic E-state index is -1.01. The predicted molar refractivity (Wildman–Crippen MR) is 104 cm³/mol. The lowest BCUT2D eigenvalue weighted by Crippen LogP contribution is -2.49. The maximum Gasteiger partial charge on any atom is 0.341 e. The first kappa shape index (κ1) is 20.9. The predicted octanol–water partition coefficient (Wildman–Crippen LogP) is 2.16. The van der Waals surface area contributed by atoms with Gasteiger partial charge in [-0.2, -0.15) is 0 Å². The molecule has 1 aliphatic heterocycles. The topological polar surface area (TPSA) is 88.1 Å². The van der Waals surface area contributed by atoms with Gasteiger partial charge >= 0.3 is 5.97 Å². The third kappa shape index (κ3) is 5.16. The van der Waals surface area contributed by atoms with Crippen molar-refractivity contribution >= 4 is 23.5 Å². The van der Waals surface area contributed by atoms with Gasteiger partial charge in [0.1, 0.15) is 5.75 Å². The van der Waals surface area contributed by atoms with Gasteiger partial charge in [0.2, 0.25) is 5.91 Å². The van der Waals surface area contributed by atoms with E-state index >= 15 is 0 Å². The van der Waals surface area contributed by atoms with E-state index in [1.165, 1.54) is 6.92 Å². The number of halogens is 1. The Hall–Kier alpha value is -1.83. The number of rotatable bonds is 7. The highest BCUT2D eigenvalue weighted by Crippen LogP contribution is 2.38. The molecule has 0 radical (unpaired) electrons. The van der Waals surface area contributed by atoms with E-state index in [0.717, 1.165) is 31.5 Å². The highest BCUT2D eigenvalue weighted by molar-refractivity contribution is 6.30. The van der Waals surface area contributed by atoms with Crippen LogP contribution in [0.25, 0.3) is 0 Å². The van der Waals surface area contributed by atoms with E-state index in [2.05, 4.69) is 10.2 Å². The molecule has 1 heterocycles. The zero-order valence-electron chi connectivity index (χ0n) is 16.2. The zero-order valence-corrected chi connectivity index (χ0v) is 16.9. The number of benzene rings is 1. The summed E-state index contributed by atoms with van der Waals surface area (Å²) in [6, 6.07) is 5.30. The highest BCUT2D eigenvalue weighted by Gasteiger charge is 2.42. The lowest BCUT2D eigenvalue weighted by molar-refractivity contribution is -0.139. The van der Waals surface area contributed by atoms with E-state index in [1.807, 2.05) is 6.07 Å². The molecule has 154 valence electrons. The Morgan fingerprint density at radius 3 is 2.64 bits per heavy atom. The SMILES string of the molecule is CO[C@@H]1C[C@H]2CN(Cc3cc(Cl)ccc3OCC(=O)O)C[C@H]2C[C@H]1NC(C)=O. The largest absolute Gasteiger partial charge is 0.482 e. The first-order valence-electron chi connectivity index (χ1n) is 9.51. The van der Waals surface area contributed by atoms with Gasteiger partial charge in [-0.15, -0.1) is 0 Å². The average Bonchev–Trinajstić information content (AvgIpc) is 3.00. The zero-order chi connectivity index (χ0) is 20.3. The summed E-state index contributed by atoms with van der Waals surface area (Å²) in [5, 5.41) is 12.5. The summed E-state index contributed by atoms with van der Waals surface area (Å²) in [7, 11) is 1.70. The molecule has 1 saturated heterocycles. The second kappa shape index (κ2) is 9.11. The average molecular weight is 411 g/mol. The quantitative estimate of drug-likeness (QED) is 0.716. The van der Waals surface area contributed by atoms with Crippen LogP contribution in [0.2, 0.25) is 5.02 Å². The second-order valence-electron chi connectivity index (χ2n) is 7.70. The van der Waals surface area contributed by atoms with E-state index in [0.29, 0.717) is 29.2 Å². The molecule has 1 saturated carbocycles. The number of aliphatic carboxylic acids is 1. The number of carboxylic acid groups (broad SMARTS) is 1. The molecular formula is C20H27ClN2O5. The summed E-state index contributed by atoms with van der Waals surface area (Å²) in [6.07, 6.45) is 1.85. The molecule has 1 amide bonds.